The predicted molar refractivity (Wildman–Crippen MR) is 48.2 cm³/mol. The summed E-state index contributed by atoms with van der Waals surface area (Å²) in [5, 5.41) is 0. The second kappa shape index (κ2) is 3.28. The first-order chi connectivity index (χ1) is 5.16. The summed E-state index contributed by atoms with van der Waals surface area (Å²) in [5.74, 6) is 4.31. The topological polar surface area (TPSA) is 3.24 Å². The van der Waals surface area contributed by atoms with Crippen LogP contribution >= 0.6 is 0 Å². The Kier molecular flexibility index (Phi) is 2.57. The summed E-state index contributed by atoms with van der Waals surface area (Å²) < 4.78 is 0. The van der Waals surface area contributed by atoms with Crippen molar-refractivity contribution in [3.05, 3.63) is 0 Å². The van der Waals surface area contributed by atoms with Crippen molar-refractivity contribution < 1.29 is 0 Å². The van der Waals surface area contributed by atoms with E-state index in [9.17, 15) is 0 Å². The lowest BCUT2D eigenvalue weighted by Gasteiger charge is -2.19. The lowest BCUT2D eigenvalue weighted by atomic mass is 9.95. The van der Waals surface area contributed by atoms with E-state index in [1.807, 2.05) is 0 Å². The van der Waals surface area contributed by atoms with Crippen LogP contribution in [-0.2, 0) is 0 Å². The SMILES string of the molecule is C#CCN1CC(C)C(C)C1C. The van der Waals surface area contributed by atoms with Gasteiger partial charge in [-0.1, -0.05) is 19.8 Å². The van der Waals surface area contributed by atoms with Crippen molar-refractivity contribution in [1.29, 1.82) is 0 Å². The van der Waals surface area contributed by atoms with Crippen LogP contribution < -0.4 is 0 Å². The largest absolute Gasteiger partial charge is 0.289 e. The molecule has 0 aromatic carbocycles. The highest BCUT2D eigenvalue weighted by atomic mass is 15.2. The lowest BCUT2D eigenvalue weighted by molar-refractivity contribution is 0.277. The van der Waals surface area contributed by atoms with Gasteiger partial charge in [-0.3, -0.25) is 4.90 Å². The van der Waals surface area contributed by atoms with E-state index in [0.717, 1.165) is 18.4 Å². The van der Waals surface area contributed by atoms with E-state index in [-0.39, 0.29) is 0 Å². The molecule has 0 spiro atoms. The van der Waals surface area contributed by atoms with E-state index in [0.29, 0.717) is 6.04 Å². The lowest BCUT2D eigenvalue weighted by Crippen LogP contribution is -2.29. The molecular formula is C10H17N. The van der Waals surface area contributed by atoms with Crippen LogP contribution in [-0.4, -0.2) is 24.0 Å². The molecule has 3 unspecified atom stereocenters. The summed E-state index contributed by atoms with van der Waals surface area (Å²) in [4.78, 5) is 2.38. The minimum Gasteiger partial charge on any atom is -0.289 e. The van der Waals surface area contributed by atoms with Crippen molar-refractivity contribution in [3.63, 3.8) is 0 Å². The zero-order valence-electron chi connectivity index (χ0n) is 7.67. The third-order valence-electron chi connectivity index (χ3n) is 3.05. The smallest absolute Gasteiger partial charge is 0.0601 e. The zero-order valence-corrected chi connectivity index (χ0v) is 7.67. The number of hydrogen-bond acceptors (Lipinski definition) is 1. The fraction of sp³-hybridized carbons (Fsp3) is 0.800. The number of nitrogens with zero attached hydrogens (tertiary/aromatic N) is 1. The third-order valence-corrected chi connectivity index (χ3v) is 3.05. The van der Waals surface area contributed by atoms with Crippen molar-refractivity contribution >= 4 is 0 Å². The molecule has 0 amide bonds. The van der Waals surface area contributed by atoms with Crippen molar-refractivity contribution in [3.8, 4) is 12.3 Å². The maximum absolute atomic E-state index is 5.27. The van der Waals surface area contributed by atoms with Crippen LogP contribution in [0.25, 0.3) is 0 Å². The minimum absolute atomic E-state index is 0.668. The van der Waals surface area contributed by atoms with Crippen LogP contribution in [0.1, 0.15) is 20.8 Å². The Morgan fingerprint density at radius 2 is 2.09 bits per heavy atom. The van der Waals surface area contributed by atoms with Crippen molar-refractivity contribution in [1.82, 2.24) is 4.90 Å². The first-order valence-electron chi connectivity index (χ1n) is 4.34. The molecule has 0 radical (unpaired) electrons. The molecule has 1 aliphatic rings. The van der Waals surface area contributed by atoms with Gasteiger partial charge in [0.15, 0.2) is 0 Å². The molecule has 1 fully saturated rings. The van der Waals surface area contributed by atoms with Crippen LogP contribution in [0.15, 0.2) is 0 Å². The predicted octanol–water partition coefficient (Wildman–Crippen LogP) is 1.60. The quantitative estimate of drug-likeness (QED) is 0.514. The molecule has 0 aromatic heterocycles. The number of hydrogen-bond donors (Lipinski definition) is 0. The average Bonchev–Trinajstić information content (AvgIpc) is 2.19. The monoisotopic (exact) mass is 151 g/mol. The van der Waals surface area contributed by atoms with Crippen LogP contribution in [0, 0.1) is 24.2 Å². The second-order valence-electron chi connectivity index (χ2n) is 3.71. The standard InChI is InChI=1S/C10H17N/c1-5-6-11-7-8(2)9(3)10(11)4/h1,8-10H,6-7H2,2-4H3. The van der Waals surface area contributed by atoms with Crippen molar-refractivity contribution in [2.45, 2.75) is 26.8 Å². The zero-order chi connectivity index (χ0) is 8.43. The maximum atomic E-state index is 5.27. The molecule has 0 bridgehead atoms. The Balaban J connectivity index is 2.54. The van der Waals surface area contributed by atoms with Gasteiger partial charge in [-0.05, 0) is 18.8 Å². The van der Waals surface area contributed by atoms with Crippen LogP contribution in [0.5, 0.6) is 0 Å². The maximum Gasteiger partial charge on any atom is 0.0601 e. The molecule has 1 heterocycles. The van der Waals surface area contributed by atoms with Gasteiger partial charge in [0.2, 0.25) is 0 Å². The fourth-order valence-corrected chi connectivity index (χ4v) is 1.84. The molecule has 11 heavy (non-hydrogen) atoms. The number of rotatable bonds is 1. The van der Waals surface area contributed by atoms with Crippen molar-refractivity contribution in [2.24, 2.45) is 11.8 Å². The minimum atomic E-state index is 0.668. The molecule has 1 aliphatic heterocycles. The Morgan fingerprint density at radius 3 is 2.45 bits per heavy atom. The Labute approximate surface area is 69.8 Å². The summed E-state index contributed by atoms with van der Waals surface area (Å²) in [6, 6.07) is 0.668. The Morgan fingerprint density at radius 1 is 1.45 bits per heavy atom. The summed E-state index contributed by atoms with van der Waals surface area (Å²) in [6.07, 6.45) is 5.27. The van der Waals surface area contributed by atoms with Gasteiger partial charge >= 0.3 is 0 Å². The van der Waals surface area contributed by atoms with Gasteiger partial charge in [-0.25, -0.2) is 0 Å². The summed E-state index contributed by atoms with van der Waals surface area (Å²) in [7, 11) is 0. The van der Waals surface area contributed by atoms with Crippen LogP contribution in [0.4, 0.5) is 0 Å². The Bertz CT molecular complexity index is 168. The van der Waals surface area contributed by atoms with E-state index < -0.39 is 0 Å². The highest BCUT2D eigenvalue weighted by Crippen LogP contribution is 2.27. The molecule has 3 atom stereocenters. The molecular weight excluding hydrogens is 134 g/mol. The van der Waals surface area contributed by atoms with Gasteiger partial charge in [-0.15, -0.1) is 6.42 Å². The molecule has 1 rings (SSSR count). The first kappa shape index (κ1) is 8.62. The molecule has 0 aliphatic carbocycles. The first-order valence-corrected chi connectivity index (χ1v) is 4.34. The summed E-state index contributed by atoms with van der Waals surface area (Å²) in [5.41, 5.74) is 0. The number of likely N-dealkylation sites (tertiary alicyclic amines) is 1. The van der Waals surface area contributed by atoms with Crippen LogP contribution in [0.3, 0.4) is 0 Å². The second-order valence-corrected chi connectivity index (χ2v) is 3.71. The highest BCUT2D eigenvalue weighted by Gasteiger charge is 2.32. The molecule has 0 saturated carbocycles. The van der Waals surface area contributed by atoms with Gasteiger partial charge in [0.25, 0.3) is 0 Å². The summed E-state index contributed by atoms with van der Waals surface area (Å²) in [6.45, 7) is 8.87. The van der Waals surface area contributed by atoms with Crippen molar-refractivity contribution in [2.75, 3.05) is 13.1 Å². The Hall–Kier alpha value is -0.480. The van der Waals surface area contributed by atoms with E-state index in [1.165, 1.54) is 6.54 Å². The highest BCUT2D eigenvalue weighted by molar-refractivity contribution is 4.95. The van der Waals surface area contributed by atoms with E-state index in [2.05, 4.69) is 31.6 Å². The van der Waals surface area contributed by atoms with E-state index in [1.54, 1.807) is 0 Å². The van der Waals surface area contributed by atoms with Crippen LogP contribution in [0.2, 0.25) is 0 Å². The molecule has 1 heteroatoms. The van der Waals surface area contributed by atoms with Gasteiger partial charge < -0.3 is 0 Å². The molecule has 0 N–H and O–H groups in total. The third kappa shape index (κ3) is 1.57. The normalized spacial score (nSPS) is 38.9. The molecule has 62 valence electrons. The summed E-state index contributed by atoms with van der Waals surface area (Å²) >= 11 is 0. The van der Waals surface area contributed by atoms with E-state index >= 15 is 0 Å². The average molecular weight is 151 g/mol. The fourth-order valence-electron chi connectivity index (χ4n) is 1.84. The number of terminal acetylenes is 1. The molecule has 1 nitrogen and oxygen atoms in total. The van der Waals surface area contributed by atoms with Gasteiger partial charge in [0.1, 0.15) is 0 Å². The van der Waals surface area contributed by atoms with Gasteiger partial charge in [-0.2, -0.15) is 0 Å². The van der Waals surface area contributed by atoms with Gasteiger partial charge in [0.05, 0.1) is 6.54 Å². The molecule has 0 aromatic rings. The van der Waals surface area contributed by atoms with E-state index in [4.69, 9.17) is 6.42 Å². The van der Waals surface area contributed by atoms with Gasteiger partial charge in [0, 0.05) is 12.6 Å². The molecule has 1 saturated heterocycles.